The lowest BCUT2D eigenvalue weighted by Crippen LogP contribution is -2.58. The van der Waals surface area contributed by atoms with E-state index in [4.69, 9.17) is 0 Å². The van der Waals surface area contributed by atoms with E-state index in [9.17, 15) is 4.79 Å². The van der Waals surface area contributed by atoms with Crippen molar-refractivity contribution in [1.29, 1.82) is 0 Å². The summed E-state index contributed by atoms with van der Waals surface area (Å²) in [6.45, 7) is 4.11. The zero-order valence-electron chi connectivity index (χ0n) is 12.4. The lowest BCUT2D eigenvalue weighted by Gasteiger charge is -2.37. The van der Waals surface area contributed by atoms with Gasteiger partial charge >= 0.3 is 0 Å². The number of piperazine rings is 1. The molecule has 1 fully saturated rings. The smallest absolute Gasteiger partial charge is 0.254 e. The van der Waals surface area contributed by atoms with Crippen molar-refractivity contribution < 1.29 is 4.79 Å². The molecule has 0 aromatic carbocycles. The van der Waals surface area contributed by atoms with Crippen LogP contribution in [0.1, 0.15) is 5.69 Å². The predicted molar refractivity (Wildman–Crippen MR) is 78.2 cm³/mol. The summed E-state index contributed by atoms with van der Waals surface area (Å²) in [5.74, 6) is 1.49. The maximum atomic E-state index is 12.4. The summed E-state index contributed by atoms with van der Waals surface area (Å²) in [5.41, 5.74) is 0.861. The number of aromatic nitrogens is 4. The number of hydrogen-bond donors (Lipinski definition) is 1. The molecule has 0 radical (unpaired) electrons. The first-order valence-corrected chi connectivity index (χ1v) is 6.94. The Labute approximate surface area is 122 Å². The molecule has 112 valence electrons. The van der Waals surface area contributed by atoms with Gasteiger partial charge in [0, 0.05) is 45.5 Å². The SMILES string of the molecule is Cc1cc(N2CCNCC2C(=O)N(C)C)n2ncnc2n1. The minimum atomic E-state index is -0.247. The Morgan fingerprint density at radius 1 is 1.48 bits per heavy atom. The van der Waals surface area contributed by atoms with Crippen molar-refractivity contribution in [2.24, 2.45) is 0 Å². The lowest BCUT2D eigenvalue weighted by atomic mass is 10.1. The molecule has 1 saturated heterocycles. The fraction of sp³-hybridized carbons (Fsp3) is 0.538. The molecule has 0 bridgehead atoms. The summed E-state index contributed by atoms with van der Waals surface area (Å²) >= 11 is 0. The van der Waals surface area contributed by atoms with Crippen molar-refractivity contribution >= 4 is 17.5 Å². The number of aryl methyl sites for hydroxylation is 1. The topological polar surface area (TPSA) is 78.7 Å². The molecule has 1 N–H and O–H groups in total. The van der Waals surface area contributed by atoms with Gasteiger partial charge in [-0.1, -0.05) is 0 Å². The molecule has 1 unspecified atom stereocenters. The van der Waals surface area contributed by atoms with E-state index in [1.165, 1.54) is 6.33 Å². The molecule has 3 rings (SSSR count). The van der Waals surface area contributed by atoms with Gasteiger partial charge in [-0.05, 0) is 6.92 Å². The minimum Gasteiger partial charge on any atom is -0.347 e. The van der Waals surface area contributed by atoms with Crippen LogP contribution in [0, 0.1) is 6.92 Å². The van der Waals surface area contributed by atoms with Crippen LogP contribution in [0.2, 0.25) is 0 Å². The summed E-state index contributed by atoms with van der Waals surface area (Å²) in [4.78, 5) is 24.6. The molecule has 2 aromatic rings. The van der Waals surface area contributed by atoms with Crippen molar-refractivity contribution in [2.75, 3.05) is 38.6 Å². The highest BCUT2D eigenvalue weighted by molar-refractivity contribution is 5.85. The van der Waals surface area contributed by atoms with E-state index in [2.05, 4.69) is 25.3 Å². The number of carbonyl (C=O) groups excluding carboxylic acids is 1. The number of nitrogens with zero attached hydrogens (tertiary/aromatic N) is 6. The lowest BCUT2D eigenvalue weighted by molar-refractivity contribution is -0.130. The van der Waals surface area contributed by atoms with Gasteiger partial charge in [-0.3, -0.25) is 4.79 Å². The molecule has 1 atom stereocenters. The second-order valence-corrected chi connectivity index (χ2v) is 5.37. The third-order valence-corrected chi connectivity index (χ3v) is 3.62. The van der Waals surface area contributed by atoms with E-state index in [1.807, 2.05) is 13.0 Å². The number of anilines is 1. The number of amides is 1. The number of fused-ring (bicyclic) bond motifs is 1. The highest BCUT2D eigenvalue weighted by Gasteiger charge is 2.31. The van der Waals surface area contributed by atoms with Crippen LogP contribution in [0.5, 0.6) is 0 Å². The average Bonchev–Trinajstić information content (AvgIpc) is 2.93. The zero-order valence-corrected chi connectivity index (χ0v) is 12.4. The average molecular weight is 289 g/mol. The number of likely N-dealkylation sites (N-methyl/N-ethyl adjacent to an activating group) is 1. The molecule has 2 aromatic heterocycles. The standard InChI is InChI=1S/C13H19N7O/c1-9-6-11(20-13(17-9)15-8-16-20)19-5-4-14-7-10(19)12(21)18(2)3/h6,8,10,14H,4-5,7H2,1-3H3. The van der Waals surface area contributed by atoms with Crippen LogP contribution in [0.4, 0.5) is 5.82 Å². The fourth-order valence-corrected chi connectivity index (χ4v) is 2.61. The normalized spacial score (nSPS) is 19.0. The van der Waals surface area contributed by atoms with Gasteiger partial charge in [0.05, 0.1) is 0 Å². The number of rotatable bonds is 2. The summed E-state index contributed by atoms with van der Waals surface area (Å²) < 4.78 is 1.69. The van der Waals surface area contributed by atoms with Crippen LogP contribution >= 0.6 is 0 Å². The molecule has 0 aliphatic carbocycles. The second kappa shape index (κ2) is 5.28. The Hall–Kier alpha value is -2.22. The first-order valence-electron chi connectivity index (χ1n) is 6.94. The molecule has 8 heteroatoms. The molecule has 0 saturated carbocycles. The van der Waals surface area contributed by atoms with Gasteiger partial charge in [0.25, 0.3) is 5.78 Å². The van der Waals surface area contributed by atoms with E-state index in [0.29, 0.717) is 12.3 Å². The van der Waals surface area contributed by atoms with Gasteiger partial charge in [-0.25, -0.2) is 4.98 Å². The molecule has 21 heavy (non-hydrogen) atoms. The molecule has 1 amide bonds. The van der Waals surface area contributed by atoms with Crippen molar-refractivity contribution in [2.45, 2.75) is 13.0 Å². The number of hydrogen-bond acceptors (Lipinski definition) is 6. The number of carbonyl (C=O) groups is 1. The third kappa shape index (κ3) is 2.42. The maximum absolute atomic E-state index is 12.4. The first-order chi connectivity index (χ1) is 10.1. The first kappa shape index (κ1) is 13.7. The quantitative estimate of drug-likeness (QED) is 0.787. The Kier molecular flexibility index (Phi) is 3.46. The Morgan fingerprint density at radius 3 is 3.05 bits per heavy atom. The monoisotopic (exact) mass is 289 g/mol. The fourth-order valence-electron chi connectivity index (χ4n) is 2.61. The molecule has 8 nitrogen and oxygen atoms in total. The highest BCUT2D eigenvalue weighted by atomic mass is 16.2. The van der Waals surface area contributed by atoms with Crippen LogP contribution in [-0.2, 0) is 4.79 Å². The van der Waals surface area contributed by atoms with E-state index < -0.39 is 0 Å². The van der Waals surface area contributed by atoms with E-state index >= 15 is 0 Å². The van der Waals surface area contributed by atoms with E-state index in [1.54, 1.807) is 23.5 Å². The van der Waals surface area contributed by atoms with Gasteiger partial charge < -0.3 is 15.1 Å². The largest absolute Gasteiger partial charge is 0.347 e. The third-order valence-electron chi connectivity index (χ3n) is 3.62. The van der Waals surface area contributed by atoms with Crippen LogP contribution in [0.15, 0.2) is 12.4 Å². The van der Waals surface area contributed by atoms with Crippen LogP contribution in [0.25, 0.3) is 5.78 Å². The summed E-state index contributed by atoms with van der Waals surface area (Å²) in [6.07, 6.45) is 1.48. The van der Waals surface area contributed by atoms with Crippen molar-refractivity contribution in [3.05, 3.63) is 18.1 Å². The van der Waals surface area contributed by atoms with Crippen LogP contribution < -0.4 is 10.2 Å². The van der Waals surface area contributed by atoms with Gasteiger partial charge in [-0.15, -0.1) is 0 Å². The Morgan fingerprint density at radius 2 is 2.29 bits per heavy atom. The second-order valence-electron chi connectivity index (χ2n) is 5.37. The van der Waals surface area contributed by atoms with Crippen molar-refractivity contribution in [3.63, 3.8) is 0 Å². The van der Waals surface area contributed by atoms with E-state index in [0.717, 1.165) is 24.6 Å². The predicted octanol–water partition coefficient (Wildman–Crippen LogP) is -0.701. The van der Waals surface area contributed by atoms with E-state index in [-0.39, 0.29) is 11.9 Å². The van der Waals surface area contributed by atoms with Gasteiger partial charge in [0.2, 0.25) is 5.91 Å². The summed E-state index contributed by atoms with van der Waals surface area (Å²) in [5, 5.41) is 7.51. The molecule has 1 aliphatic heterocycles. The minimum absolute atomic E-state index is 0.0740. The van der Waals surface area contributed by atoms with Gasteiger partial charge in [-0.2, -0.15) is 14.6 Å². The highest BCUT2D eigenvalue weighted by Crippen LogP contribution is 2.20. The summed E-state index contributed by atoms with van der Waals surface area (Å²) in [6, 6.07) is 1.70. The Bertz CT molecular complexity index is 666. The molecular weight excluding hydrogens is 270 g/mol. The molecule has 1 aliphatic rings. The van der Waals surface area contributed by atoms with Crippen LogP contribution in [-0.4, -0.2) is 70.2 Å². The summed E-state index contributed by atoms with van der Waals surface area (Å²) in [7, 11) is 3.55. The van der Waals surface area contributed by atoms with Crippen molar-refractivity contribution in [1.82, 2.24) is 29.8 Å². The maximum Gasteiger partial charge on any atom is 0.254 e. The van der Waals surface area contributed by atoms with Gasteiger partial charge in [0.1, 0.15) is 18.2 Å². The Balaban J connectivity index is 2.06. The zero-order chi connectivity index (χ0) is 15.0. The van der Waals surface area contributed by atoms with Crippen LogP contribution in [0.3, 0.4) is 0 Å². The van der Waals surface area contributed by atoms with Crippen molar-refractivity contribution in [3.8, 4) is 0 Å². The van der Waals surface area contributed by atoms with Gasteiger partial charge in [0.15, 0.2) is 0 Å². The molecule has 3 heterocycles. The molecular formula is C13H19N7O. The number of nitrogens with one attached hydrogen (secondary N) is 1. The molecule has 0 spiro atoms.